The van der Waals surface area contributed by atoms with Gasteiger partial charge in [0.25, 0.3) is 5.95 Å². The summed E-state index contributed by atoms with van der Waals surface area (Å²) in [7, 11) is 0. The summed E-state index contributed by atoms with van der Waals surface area (Å²) in [5, 5.41) is 8.79. The van der Waals surface area contributed by atoms with Crippen molar-refractivity contribution in [2.75, 3.05) is 5.32 Å². The van der Waals surface area contributed by atoms with Gasteiger partial charge < -0.3 is 4.74 Å². The Bertz CT molecular complexity index is 854. The normalized spacial score (nSPS) is 10.4. The topological polar surface area (TPSA) is 79.9 Å². The van der Waals surface area contributed by atoms with E-state index in [2.05, 4.69) is 36.4 Å². The molecule has 8 heteroatoms. The molecule has 0 spiro atoms. The van der Waals surface area contributed by atoms with Crippen LogP contribution in [0.1, 0.15) is 5.56 Å². The van der Waals surface area contributed by atoms with Gasteiger partial charge in [-0.05, 0) is 23.8 Å². The smallest absolute Gasteiger partial charge is 0.414 e. The first-order chi connectivity index (χ1) is 11.6. The first-order valence-electron chi connectivity index (χ1n) is 6.97. The fourth-order valence-electron chi connectivity index (χ4n) is 1.97. The van der Waals surface area contributed by atoms with Crippen LogP contribution in [0.5, 0.6) is 0 Å². The second-order valence-electron chi connectivity index (χ2n) is 4.82. The summed E-state index contributed by atoms with van der Waals surface area (Å²) < 4.78 is 19.6. The van der Waals surface area contributed by atoms with Gasteiger partial charge in [-0.15, -0.1) is 5.10 Å². The zero-order chi connectivity index (χ0) is 16.9. The Morgan fingerprint density at radius 2 is 2.04 bits per heavy atom. The molecule has 0 unspecified atom stereocenters. The molecule has 1 amide bonds. The SMILES string of the molecule is O=C(Nc1n[nH]c(-c2ccc(Br)cc2F)n1)OCc1ccccc1. The predicted molar refractivity (Wildman–Crippen MR) is 89.7 cm³/mol. The molecule has 0 aliphatic heterocycles. The number of carbonyl (C=O) groups excluding carboxylic acids is 1. The number of hydrogen-bond donors (Lipinski definition) is 2. The number of hydrogen-bond acceptors (Lipinski definition) is 4. The average Bonchev–Trinajstić information content (AvgIpc) is 3.02. The van der Waals surface area contributed by atoms with Crippen LogP contribution < -0.4 is 5.32 Å². The standard InChI is InChI=1S/C16H12BrFN4O2/c17-11-6-7-12(13(18)8-11)14-19-15(22-21-14)20-16(23)24-9-10-4-2-1-3-5-10/h1-8H,9H2,(H2,19,20,21,22,23). The quantitative estimate of drug-likeness (QED) is 0.701. The number of benzene rings is 2. The highest BCUT2D eigenvalue weighted by Crippen LogP contribution is 2.23. The molecule has 3 aromatic rings. The first kappa shape index (κ1) is 16.1. The Morgan fingerprint density at radius 3 is 2.79 bits per heavy atom. The molecule has 0 atom stereocenters. The first-order valence-corrected chi connectivity index (χ1v) is 7.76. The molecule has 0 aliphatic carbocycles. The molecule has 0 saturated heterocycles. The number of nitrogens with one attached hydrogen (secondary N) is 2. The van der Waals surface area contributed by atoms with E-state index in [1.807, 2.05) is 30.3 Å². The number of H-pyrrole nitrogens is 1. The minimum atomic E-state index is -0.694. The van der Waals surface area contributed by atoms with Crippen molar-refractivity contribution in [3.63, 3.8) is 0 Å². The van der Waals surface area contributed by atoms with Crippen molar-refractivity contribution in [1.82, 2.24) is 15.2 Å². The van der Waals surface area contributed by atoms with Crippen molar-refractivity contribution in [2.45, 2.75) is 6.61 Å². The minimum Gasteiger partial charge on any atom is -0.444 e. The number of anilines is 1. The van der Waals surface area contributed by atoms with Gasteiger partial charge in [-0.2, -0.15) is 4.98 Å². The number of aromatic nitrogens is 3. The van der Waals surface area contributed by atoms with E-state index < -0.39 is 11.9 Å². The number of amides is 1. The van der Waals surface area contributed by atoms with Gasteiger partial charge in [-0.3, -0.25) is 10.4 Å². The molecule has 6 nitrogen and oxygen atoms in total. The summed E-state index contributed by atoms with van der Waals surface area (Å²) in [6.07, 6.45) is -0.694. The molecule has 3 rings (SSSR count). The van der Waals surface area contributed by atoms with E-state index in [-0.39, 0.29) is 23.9 Å². The van der Waals surface area contributed by atoms with Gasteiger partial charge >= 0.3 is 6.09 Å². The van der Waals surface area contributed by atoms with E-state index in [0.717, 1.165) is 5.56 Å². The fraction of sp³-hybridized carbons (Fsp3) is 0.0625. The molecule has 1 heterocycles. The second-order valence-corrected chi connectivity index (χ2v) is 5.73. The number of carbonyl (C=O) groups is 1. The van der Waals surface area contributed by atoms with Crippen LogP contribution in [-0.4, -0.2) is 21.3 Å². The van der Waals surface area contributed by atoms with Crippen LogP contribution in [0.4, 0.5) is 15.1 Å². The van der Waals surface area contributed by atoms with Gasteiger partial charge in [0.2, 0.25) is 0 Å². The maximum atomic E-state index is 13.9. The third kappa shape index (κ3) is 3.96. The van der Waals surface area contributed by atoms with Gasteiger partial charge in [0.1, 0.15) is 12.4 Å². The Labute approximate surface area is 145 Å². The molecular weight excluding hydrogens is 379 g/mol. The lowest BCUT2D eigenvalue weighted by atomic mass is 10.2. The van der Waals surface area contributed by atoms with Crippen LogP contribution >= 0.6 is 15.9 Å². The van der Waals surface area contributed by atoms with Crippen LogP contribution in [0.2, 0.25) is 0 Å². The number of aromatic amines is 1. The lowest BCUT2D eigenvalue weighted by Crippen LogP contribution is -2.14. The van der Waals surface area contributed by atoms with E-state index in [4.69, 9.17) is 4.74 Å². The maximum absolute atomic E-state index is 13.9. The monoisotopic (exact) mass is 390 g/mol. The van der Waals surface area contributed by atoms with E-state index in [1.165, 1.54) is 6.07 Å². The average molecular weight is 391 g/mol. The number of rotatable bonds is 4. The minimum absolute atomic E-state index is 0.00498. The highest BCUT2D eigenvalue weighted by molar-refractivity contribution is 9.10. The van der Waals surface area contributed by atoms with E-state index >= 15 is 0 Å². The molecule has 122 valence electrons. The van der Waals surface area contributed by atoms with Crippen LogP contribution in [0, 0.1) is 5.82 Å². The van der Waals surface area contributed by atoms with Crippen molar-refractivity contribution in [1.29, 1.82) is 0 Å². The Hall–Kier alpha value is -2.74. The summed E-state index contributed by atoms with van der Waals surface area (Å²) in [5.41, 5.74) is 1.11. The van der Waals surface area contributed by atoms with Crippen molar-refractivity contribution in [2.24, 2.45) is 0 Å². The summed E-state index contributed by atoms with van der Waals surface area (Å²) >= 11 is 3.18. The van der Waals surface area contributed by atoms with Gasteiger partial charge in [0.05, 0.1) is 5.56 Å². The van der Waals surface area contributed by atoms with Crippen molar-refractivity contribution < 1.29 is 13.9 Å². The molecule has 0 saturated carbocycles. The highest BCUT2D eigenvalue weighted by Gasteiger charge is 2.13. The summed E-state index contributed by atoms with van der Waals surface area (Å²) in [6, 6.07) is 13.8. The van der Waals surface area contributed by atoms with E-state index in [0.29, 0.717) is 4.47 Å². The molecule has 24 heavy (non-hydrogen) atoms. The lowest BCUT2D eigenvalue weighted by Gasteiger charge is -2.04. The number of halogens is 2. The summed E-state index contributed by atoms with van der Waals surface area (Å²) in [4.78, 5) is 15.8. The van der Waals surface area contributed by atoms with Gasteiger partial charge in [0.15, 0.2) is 5.82 Å². The Morgan fingerprint density at radius 1 is 1.25 bits per heavy atom. The van der Waals surface area contributed by atoms with Crippen LogP contribution in [0.3, 0.4) is 0 Å². The van der Waals surface area contributed by atoms with Crippen molar-refractivity contribution >= 4 is 28.0 Å². The van der Waals surface area contributed by atoms with E-state index in [9.17, 15) is 9.18 Å². The van der Waals surface area contributed by atoms with Crippen molar-refractivity contribution in [3.05, 3.63) is 64.4 Å². The molecule has 0 bridgehead atoms. The molecule has 1 aromatic heterocycles. The third-order valence-corrected chi connectivity index (χ3v) is 3.59. The number of nitrogens with zero attached hydrogens (tertiary/aromatic N) is 2. The zero-order valence-electron chi connectivity index (χ0n) is 12.3. The summed E-state index contributed by atoms with van der Waals surface area (Å²) in [6.45, 7) is 0.130. The molecule has 2 N–H and O–H groups in total. The van der Waals surface area contributed by atoms with E-state index in [1.54, 1.807) is 12.1 Å². The highest BCUT2D eigenvalue weighted by atomic mass is 79.9. The predicted octanol–water partition coefficient (Wildman–Crippen LogP) is 4.12. The Balaban J connectivity index is 1.62. The fourth-order valence-corrected chi connectivity index (χ4v) is 2.30. The third-order valence-electron chi connectivity index (χ3n) is 3.10. The molecule has 2 aromatic carbocycles. The molecule has 0 radical (unpaired) electrons. The molecular formula is C16H12BrFN4O2. The van der Waals surface area contributed by atoms with Gasteiger partial charge in [-0.1, -0.05) is 46.3 Å². The van der Waals surface area contributed by atoms with Crippen molar-refractivity contribution in [3.8, 4) is 11.4 Å². The van der Waals surface area contributed by atoms with Gasteiger partial charge in [-0.25, -0.2) is 9.18 Å². The largest absolute Gasteiger partial charge is 0.444 e. The Kier molecular flexibility index (Phi) is 4.85. The maximum Gasteiger partial charge on any atom is 0.414 e. The molecule has 0 fully saturated rings. The van der Waals surface area contributed by atoms with Crippen LogP contribution in [0.25, 0.3) is 11.4 Å². The van der Waals surface area contributed by atoms with Crippen LogP contribution in [-0.2, 0) is 11.3 Å². The second kappa shape index (κ2) is 7.22. The lowest BCUT2D eigenvalue weighted by molar-refractivity contribution is 0.155. The van der Waals surface area contributed by atoms with Gasteiger partial charge in [0, 0.05) is 4.47 Å². The number of ether oxygens (including phenoxy) is 1. The zero-order valence-corrected chi connectivity index (χ0v) is 13.9. The molecule has 0 aliphatic rings. The van der Waals surface area contributed by atoms with Crippen LogP contribution in [0.15, 0.2) is 53.0 Å². The summed E-state index contributed by atoms with van der Waals surface area (Å²) in [5.74, 6) is -0.248.